The number of nitrogens with zero attached hydrogens (tertiary/aromatic N) is 1. The van der Waals surface area contributed by atoms with E-state index in [1.54, 1.807) is 0 Å². The van der Waals surface area contributed by atoms with Crippen molar-refractivity contribution in [1.29, 1.82) is 0 Å². The second-order valence-electron chi connectivity index (χ2n) is 6.43. The molecule has 0 aromatic heterocycles. The number of hydrogen-bond donors (Lipinski definition) is 5. The topological polar surface area (TPSA) is 162 Å². The van der Waals surface area contributed by atoms with Crippen molar-refractivity contribution in [3.63, 3.8) is 0 Å². The van der Waals surface area contributed by atoms with Gasteiger partial charge in [0.2, 0.25) is 0 Å². The molecule has 1 aliphatic rings. The molecule has 0 aromatic rings. The van der Waals surface area contributed by atoms with Gasteiger partial charge in [0.05, 0.1) is 45.3 Å². The molecule has 0 aliphatic carbocycles. The van der Waals surface area contributed by atoms with Crippen LogP contribution in [0.25, 0.3) is 0 Å². The van der Waals surface area contributed by atoms with Crippen LogP contribution in [0.4, 0.5) is 0 Å². The number of hydrazine groups is 1. The van der Waals surface area contributed by atoms with E-state index in [0.29, 0.717) is 32.1 Å². The molecule has 0 saturated carbocycles. The van der Waals surface area contributed by atoms with Crippen LogP contribution in [0.1, 0.15) is 13.3 Å². The summed E-state index contributed by atoms with van der Waals surface area (Å²) in [5.41, 5.74) is 6.21. The van der Waals surface area contributed by atoms with Crippen molar-refractivity contribution >= 4 is 0 Å². The van der Waals surface area contributed by atoms with Gasteiger partial charge in [0, 0.05) is 19.9 Å². The maximum atomic E-state index is 10.0. The molecule has 0 amide bonds. The van der Waals surface area contributed by atoms with Crippen LogP contribution in [0.15, 0.2) is 11.9 Å². The van der Waals surface area contributed by atoms with Gasteiger partial charge >= 0.3 is 0 Å². The Kier molecular flexibility index (Phi) is 12.5. The van der Waals surface area contributed by atoms with Crippen LogP contribution >= 0.6 is 0 Å². The fourth-order valence-electron chi connectivity index (χ4n) is 2.55. The molecule has 1 saturated heterocycles. The number of hydrogen-bond acceptors (Lipinski definition) is 11. The summed E-state index contributed by atoms with van der Waals surface area (Å²) >= 11 is 0. The van der Waals surface area contributed by atoms with Crippen LogP contribution in [0, 0.1) is 0 Å². The maximum Gasteiger partial charge on any atom is 0.186 e. The minimum atomic E-state index is -1.41. The first-order chi connectivity index (χ1) is 13.4. The Morgan fingerprint density at radius 1 is 1.00 bits per heavy atom. The molecule has 5 atom stereocenters. The van der Waals surface area contributed by atoms with Crippen LogP contribution in [-0.4, -0.2) is 104 Å². The van der Waals surface area contributed by atoms with Crippen LogP contribution in [0.2, 0.25) is 0 Å². The van der Waals surface area contributed by atoms with Gasteiger partial charge in [0.1, 0.15) is 24.4 Å². The Morgan fingerprint density at radius 2 is 1.61 bits per heavy atom. The lowest BCUT2D eigenvalue weighted by Gasteiger charge is -2.40. The van der Waals surface area contributed by atoms with E-state index in [-0.39, 0.29) is 13.2 Å². The van der Waals surface area contributed by atoms with Crippen LogP contribution in [0.5, 0.6) is 0 Å². The summed E-state index contributed by atoms with van der Waals surface area (Å²) in [5, 5.41) is 30.8. The highest BCUT2D eigenvalue weighted by atomic mass is 16.7. The number of ether oxygens (including phenoxy) is 5. The highest BCUT2D eigenvalue weighted by Crippen LogP contribution is 2.22. The quantitative estimate of drug-likeness (QED) is 0.121. The lowest BCUT2D eigenvalue weighted by molar-refractivity contribution is -0.291. The molecule has 7 N–H and O–H groups in total. The molecule has 0 radical (unpaired) electrons. The van der Waals surface area contributed by atoms with Crippen molar-refractivity contribution in [3.8, 4) is 0 Å². The average molecular weight is 409 g/mol. The fraction of sp³-hybridized carbons (Fsp3) is 0.882. The Morgan fingerprint density at radius 3 is 2.21 bits per heavy atom. The number of methoxy groups -OCH3 is 1. The fourth-order valence-corrected chi connectivity index (χ4v) is 2.55. The molecule has 0 spiro atoms. The minimum Gasteiger partial charge on any atom is -0.399 e. The summed E-state index contributed by atoms with van der Waals surface area (Å²) in [6, 6.07) is 0. The second-order valence-corrected chi connectivity index (χ2v) is 6.43. The molecule has 0 bridgehead atoms. The summed E-state index contributed by atoms with van der Waals surface area (Å²) in [6.45, 7) is 4.81. The van der Waals surface area contributed by atoms with Gasteiger partial charge in [-0.25, -0.2) is 5.84 Å². The van der Waals surface area contributed by atoms with E-state index in [4.69, 9.17) is 35.3 Å². The SMILES string of the molecule is CCCOCCOCCOC/C(N)=C/N(N)CC1OC(OC)C(O)C(O)C1O. The summed E-state index contributed by atoms with van der Waals surface area (Å²) in [5.74, 6) is 5.85. The van der Waals surface area contributed by atoms with Gasteiger partial charge in [-0.15, -0.1) is 0 Å². The predicted molar refractivity (Wildman–Crippen MR) is 99.6 cm³/mol. The molecule has 0 aromatic carbocycles. The largest absolute Gasteiger partial charge is 0.399 e. The third-order valence-corrected chi connectivity index (χ3v) is 3.98. The highest BCUT2D eigenvalue weighted by Gasteiger charge is 2.44. The molecule has 11 heteroatoms. The minimum absolute atomic E-state index is 0.0202. The Labute approximate surface area is 165 Å². The van der Waals surface area contributed by atoms with Crippen molar-refractivity contribution in [2.75, 3.05) is 53.3 Å². The Bertz CT molecular complexity index is 441. The van der Waals surface area contributed by atoms with Gasteiger partial charge in [-0.1, -0.05) is 6.92 Å². The summed E-state index contributed by atoms with van der Waals surface area (Å²) in [4.78, 5) is 0. The van der Waals surface area contributed by atoms with Gasteiger partial charge in [-0.3, -0.25) is 0 Å². The molecule has 1 rings (SSSR count). The van der Waals surface area contributed by atoms with E-state index in [9.17, 15) is 15.3 Å². The molecule has 1 aliphatic heterocycles. The van der Waals surface area contributed by atoms with E-state index < -0.39 is 30.7 Å². The number of aliphatic hydroxyl groups is 3. The zero-order valence-electron chi connectivity index (χ0n) is 16.6. The van der Waals surface area contributed by atoms with E-state index in [1.165, 1.54) is 18.3 Å². The van der Waals surface area contributed by atoms with E-state index in [2.05, 4.69) is 0 Å². The van der Waals surface area contributed by atoms with Gasteiger partial charge in [0.25, 0.3) is 0 Å². The van der Waals surface area contributed by atoms with Crippen molar-refractivity contribution in [3.05, 3.63) is 11.9 Å². The van der Waals surface area contributed by atoms with Gasteiger partial charge in [0.15, 0.2) is 6.29 Å². The van der Waals surface area contributed by atoms with Crippen LogP contribution in [0.3, 0.4) is 0 Å². The first-order valence-electron chi connectivity index (χ1n) is 9.33. The third kappa shape index (κ3) is 8.99. The third-order valence-electron chi connectivity index (χ3n) is 3.98. The van der Waals surface area contributed by atoms with Crippen molar-refractivity contribution in [2.45, 2.75) is 44.1 Å². The first kappa shape index (κ1) is 25.0. The van der Waals surface area contributed by atoms with E-state index in [1.807, 2.05) is 6.92 Å². The zero-order chi connectivity index (χ0) is 20.9. The van der Waals surface area contributed by atoms with E-state index >= 15 is 0 Å². The molecule has 11 nitrogen and oxygen atoms in total. The predicted octanol–water partition coefficient (Wildman–Crippen LogP) is -2.12. The Hall–Kier alpha value is -1.02. The van der Waals surface area contributed by atoms with Crippen molar-refractivity contribution in [2.24, 2.45) is 11.6 Å². The molecule has 1 fully saturated rings. The number of aliphatic hydroxyl groups excluding tert-OH is 3. The van der Waals surface area contributed by atoms with Gasteiger partial charge < -0.3 is 49.7 Å². The molecule has 28 heavy (non-hydrogen) atoms. The number of nitrogens with two attached hydrogens (primary N) is 2. The molecule has 5 unspecified atom stereocenters. The number of rotatable bonds is 14. The van der Waals surface area contributed by atoms with Gasteiger partial charge in [-0.05, 0) is 6.42 Å². The van der Waals surface area contributed by atoms with E-state index in [0.717, 1.165) is 13.0 Å². The summed E-state index contributed by atoms with van der Waals surface area (Å²) < 4.78 is 26.4. The summed E-state index contributed by atoms with van der Waals surface area (Å²) in [6.07, 6.45) is -3.60. The van der Waals surface area contributed by atoms with Crippen LogP contribution in [-0.2, 0) is 23.7 Å². The highest BCUT2D eigenvalue weighted by molar-refractivity contribution is 4.97. The molecule has 166 valence electrons. The molecular formula is C17H35N3O8. The lowest BCUT2D eigenvalue weighted by Crippen LogP contribution is -2.60. The second kappa shape index (κ2) is 14.0. The van der Waals surface area contributed by atoms with Crippen LogP contribution < -0.4 is 11.6 Å². The van der Waals surface area contributed by atoms with Gasteiger partial charge in [-0.2, -0.15) is 0 Å². The normalized spacial score (nSPS) is 28.5. The monoisotopic (exact) mass is 409 g/mol. The molecular weight excluding hydrogens is 374 g/mol. The first-order valence-corrected chi connectivity index (χ1v) is 9.33. The average Bonchev–Trinajstić information content (AvgIpc) is 2.67. The maximum absolute atomic E-state index is 10.0. The van der Waals surface area contributed by atoms with Crippen molar-refractivity contribution < 1.29 is 39.0 Å². The van der Waals surface area contributed by atoms with Crippen molar-refractivity contribution in [1.82, 2.24) is 5.01 Å². The zero-order valence-corrected chi connectivity index (χ0v) is 16.6. The smallest absolute Gasteiger partial charge is 0.186 e. The Balaban J connectivity index is 2.25. The standard InChI is InChI=1S/C17H35N3O8/c1-3-4-25-5-6-26-7-8-27-11-12(18)9-20(19)10-13-14(21)15(22)16(23)17(24-2)28-13/h9,13-17,21-23H,3-8,10-11,18-19H2,1-2H3/b12-9-. The molecule has 1 heterocycles. The lowest BCUT2D eigenvalue weighted by atomic mass is 9.99. The summed E-state index contributed by atoms with van der Waals surface area (Å²) in [7, 11) is 1.33.